The topological polar surface area (TPSA) is 67.0 Å². The molecule has 2 N–H and O–H groups in total. The first kappa shape index (κ1) is 14.0. The van der Waals surface area contributed by atoms with Gasteiger partial charge in [-0.1, -0.05) is 6.92 Å². The zero-order valence-corrected chi connectivity index (χ0v) is 11.3. The molecule has 1 atom stereocenters. The highest BCUT2D eigenvalue weighted by Crippen LogP contribution is 2.15. The summed E-state index contributed by atoms with van der Waals surface area (Å²) in [4.78, 5) is 12.0. The molecule has 1 heterocycles. The van der Waals surface area contributed by atoms with Crippen molar-refractivity contribution in [2.24, 2.45) is 0 Å². The van der Waals surface area contributed by atoms with Gasteiger partial charge >= 0.3 is 0 Å². The summed E-state index contributed by atoms with van der Waals surface area (Å²) < 4.78 is 18.2. The maximum absolute atomic E-state index is 12.8. The van der Waals surface area contributed by atoms with Gasteiger partial charge in [-0.05, 0) is 37.6 Å². The molecule has 0 saturated carbocycles. The van der Waals surface area contributed by atoms with Crippen molar-refractivity contribution < 1.29 is 13.9 Å². The fraction of sp³-hybridized carbons (Fsp3) is 0.286. The second-order valence-corrected chi connectivity index (χ2v) is 4.33. The summed E-state index contributed by atoms with van der Waals surface area (Å²) in [5.74, 6) is 0.370. The van der Waals surface area contributed by atoms with Crippen molar-refractivity contribution in [2.45, 2.75) is 26.4 Å². The van der Waals surface area contributed by atoms with Gasteiger partial charge in [0.25, 0.3) is 5.91 Å². The van der Waals surface area contributed by atoms with E-state index in [9.17, 15) is 9.18 Å². The lowest BCUT2D eigenvalue weighted by Crippen LogP contribution is -2.30. The van der Waals surface area contributed by atoms with Gasteiger partial charge in [0.05, 0.1) is 6.20 Å². The van der Waals surface area contributed by atoms with E-state index < -0.39 is 6.10 Å². The Labute approximate surface area is 116 Å². The third-order valence-corrected chi connectivity index (χ3v) is 2.84. The van der Waals surface area contributed by atoms with E-state index in [2.05, 4.69) is 15.5 Å². The van der Waals surface area contributed by atoms with E-state index in [0.29, 0.717) is 11.6 Å². The minimum Gasteiger partial charge on any atom is -0.481 e. The van der Waals surface area contributed by atoms with Gasteiger partial charge in [-0.25, -0.2) is 4.39 Å². The molecule has 0 radical (unpaired) electrons. The molecule has 106 valence electrons. The average Bonchev–Trinajstić information content (AvgIpc) is 2.88. The highest BCUT2D eigenvalue weighted by molar-refractivity contribution is 5.93. The van der Waals surface area contributed by atoms with Crippen molar-refractivity contribution in [3.8, 4) is 5.75 Å². The minimum atomic E-state index is -0.700. The molecule has 1 amide bonds. The Morgan fingerprint density at radius 2 is 2.15 bits per heavy atom. The molecule has 0 saturated heterocycles. The van der Waals surface area contributed by atoms with Crippen LogP contribution in [0.3, 0.4) is 0 Å². The van der Waals surface area contributed by atoms with Crippen molar-refractivity contribution in [1.82, 2.24) is 10.2 Å². The van der Waals surface area contributed by atoms with E-state index in [1.165, 1.54) is 24.3 Å². The van der Waals surface area contributed by atoms with Crippen LogP contribution in [0.5, 0.6) is 5.75 Å². The van der Waals surface area contributed by atoms with Crippen LogP contribution in [0.4, 0.5) is 10.2 Å². The second kappa shape index (κ2) is 6.18. The number of anilines is 1. The minimum absolute atomic E-state index is 0.298. The number of carbonyl (C=O) groups excluding carboxylic acids is 1. The Morgan fingerprint density at radius 3 is 2.80 bits per heavy atom. The summed E-state index contributed by atoms with van der Waals surface area (Å²) in [6, 6.07) is 5.52. The molecule has 20 heavy (non-hydrogen) atoms. The van der Waals surface area contributed by atoms with Crippen LogP contribution >= 0.6 is 0 Å². The van der Waals surface area contributed by atoms with Gasteiger partial charge < -0.3 is 10.1 Å². The fourth-order valence-electron chi connectivity index (χ4n) is 1.68. The number of amides is 1. The SMILES string of the molecule is CCc1cn[nH]c1NC(=O)C(C)Oc1ccc(F)cc1. The normalized spacial score (nSPS) is 11.9. The highest BCUT2D eigenvalue weighted by Gasteiger charge is 2.16. The predicted molar refractivity (Wildman–Crippen MR) is 73.1 cm³/mol. The number of ether oxygens (including phenoxy) is 1. The number of hydrogen-bond donors (Lipinski definition) is 2. The van der Waals surface area contributed by atoms with Crippen molar-refractivity contribution >= 4 is 11.7 Å². The van der Waals surface area contributed by atoms with E-state index in [0.717, 1.165) is 12.0 Å². The molecule has 2 rings (SSSR count). The molecule has 1 unspecified atom stereocenters. The van der Waals surface area contributed by atoms with E-state index in [1.54, 1.807) is 13.1 Å². The maximum Gasteiger partial charge on any atom is 0.266 e. The summed E-state index contributed by atoms with van der Waals surface area (Å²) >= 11 is 0. The second-order valence-electron chi connectivity index (χ2n) is 4.33. The molecule has 1 aromatic heterocycles. The number of nitrogens with zero attached hydrogens (tertiary/aromatic N) is 1. The first-order valence-electron chi connectivity index (χ1n) is 6.35. The number of nitrogens with one attached hydrogen (secondary N) is 2. The number of halogens is 1. The molecule has 0 aliphatic carbocycles. The van der Waals surface area contributed by atoms with E-state index in [1.807, 2.05) is 6.92 Å². The first-order valence-corrected chi connectivity index (χ1v) is 6.35. The van der Waals surface area contributed by atoms with Crippen LogP contribution in [0.2, 0.25) is 0 Å². The van der Waals surface area contributed by atoms with Crippen LogP contribution in [0, 0.1) is 5.82 Å². The Balaban J connectivity index is 1.97. The summed E-state index contributed by atoms with van der Waals surface area (Å²) in [5.41, 5.74) is 0.923. The fourth-order valence-corrected chi connectivity index (χ4v) is 1.68. The van der Waals surface area contributed by atoms with Crippen LogP contribution in [0.25, 0.3) is 0 Å². The van der Waals surface area contributed by atoms with Gasteiger partial charge in [-0.2, -0.15) is 5.10 Å². The molecule has 6 heteroatoms. The molecule has 0 bridgehead atoms. The standard InChI is InChI=1S/C14H16FN3O2/c1-3-10-8-16-18-13(10)17-14(19)9(2)20-12-6-4-11(15)5-7-12/h4-9H,3H2,1-2H3,(H2,16,17,18,19). The molecule has 5 nitrogen and oxygen atoms in total. The molecule has 1 aromatic carbocycles. The van der Waals surface area contributed by atoms with E-state index in [-0.39, 0.29) is 11.7 Å². The molecular formula is C14H16FN3O2. The number of hydrogen-bond acceptors (Lipinski definition) is 3. The summed E-state index contributed by atoms with van der Waals surface area (Å²) in [6.07, 6.45) is 1.73. The van der Waals surface area contributed by atoms with Gasteiger partial charge in [0.1, 0.15) is 17.4 Å². The van der Waals surface area contributed by atoms with Crippen LogP contribution < -0.4 is 10.1 Å². The van der Waals surface area contributed by atoms with Gasteiger partial charge in [0, 0.05) is 5.56 Å². The van der Waals surface area contributed by atoms with Crippen molar-refractivity contribution in [3.63, 3.8) is 0 Å². The van der Waals surface area contributed by atoms with Crippen molar-refractivity contribution in [2.75, 3.05) is 5.32 Å². The largest absolute Gasteiger partial charge is 0.481 e. The molecule has 0 aliphatic heterocycles. The molecule has 2 aromatic rings. The maximum atomic E-state index is 12.8. The Bertz CT molecular complexity index is 580. The van der Waals surface area contributed by atoms with Gasteiger partial charge in [-0.15, -0.1) is 0 Å². The molecule has 0 fully saturated rings. The van der Waals surface area contributed by atoms with Gasteiger partial charge in [0.15, 0.2) is 6.10 Å². The predicted octanol–water partition coefficient (Wildman–Crippen LogP) is 2.52. The smallest absolute Gasteiger partial charge is 0.266 e. The van der Waals surface area contributed by atoms with Crippen molar-refractivity contribution in [3.05, 3.63) is 41.8 Å². The quantitative estimate of drug-likeness (QED) is 0.882. The number of aryl methyl sites for hydroxylation is 1. The Kier molecular flexibility index (Phi) is 4.34. The van der Waals surface area contributed by atoms with Crippen LogP contribution in [-0.2, 0) is 11.2 Å². The van der Waals surface area contributed by atoms with Gasteiger partial charge in [-0.3, -0.25) is 9.89 Å². The number of aromatic nitrogens is 2. The number of carbonyl (C=O) groups is 1. The molecular weight excluding hydrogens is 261 g/mol. The van der Waals surface area contributed by atoms with E-state index in [4.69, 9.17) is 4.74 Å². The lowest BCUT2D eigenvalue weighted by atomic mass is 10.2. The van der Waals surface area contributed by atoms with Crippen molar-refractivity contribution in [1.29, 1.82) is 0 Å². The number of H-pyrrole nitrogens is 1. The summed E-state index contributed by atoms with van der Waals surface area (Å²) in [6.45, 7) is 3.60. The Morgan fingerprint density at radius 1 is 1.45 bits per heavy atom. The highest BCUT2D eigenvalue weighted by atomic mass is 19.1. The molecule has 0 aliphatic rings. The third kappa shape index (κ3) is 3.34. The monoisotopic (exact) mass is 277 g/mol. The number of benzene rings is 1. The Hall–Kier alpha value is -2.37. The summed E-state index contributed by atoms with van der Waals surface area (Å²) in [5, 5.41) is 9.32. The van der Waals surface area contributed by atoms with Crippen LogP contribution in [0.15, 0.2) is 30.5 Å². The lowest BCUT2D eigenvalue weighted by molar-refractivity contribution is -0.122. The third-order valence-electron chi connectivity index (χ3n) is 2.84. The zero-order chi connectivity index (χ0) is 14.5. The van der Waals surface area contributed by atoms with Crippen LogP contribution in [0.1, 0.15) is 19.4 Å². The zero-order valence-electron chi connectivity index (χ0n) is 11.3. The molecule has 0 spiro atoms. The average molecular weight is 277 g/mol. The van der Waals surface area contributed by atoms with Crippen LogP contribution in [-0.4, -0.2) is 22.2 Å². The first-order chi connectivity index (χ1) is 9.60. The van der Waals surface area contributed by atoms with Gasteiger partial charge in [0.2, 0.25) is 0 Å². The number of rotatable bonds is 5. The van der Waals surface area contributed by atoms with E-state index >= 15 is 0 Å². The summed E-state index contributed by atoms with van der Waals surface area (Å²) in [7, 11) is 0. The number of aromatic amines is 1. The lowest BCUT2D eigenvalue weighted by Gasteiger charge is -2.14.